The van der Waals surface area contributed by atoms with Gasteiger partial charge in [-0.15, -0.1) is 0 Å². The van der Waals surface area contributed by atoms with E-state index >= 15 is 0 Å². The van der Waals surface area contributed by atoms with E-state index in [0.717, 1.165) is 0 Å². The van der Waals surface area contributed by atoms with E-state index in [1.807, 2.05) is 25.7 Å². The van der Waals surface area contributed by atoms with Crippen molar-refractivity contribution in [3.63, 3.8) is 0 Å². The van der Waals surface area contributed by atoms with Gasteiger partial charge in [0.25, 0.3) is 0 Å². The molecule has 132 valence electrons. The van der Waals surface area contributed by atoms with Crippen LogP contribution in [-0.2, 0) is 4.74 Å². The average Bonchev–Trinajstić information content (AvgIpc) is 2.92. The topological polar surface area (TPSA) is 110 Å². The summed E-state index contributed by atoms with van der Waals surface area (Å²) in [7, 11) is 1.59. The second-order valence-corrected chi connectivity index (χ2v) is 6.67. The van der Waals surface area contributed by atoms with Crippen LogP contribution in [0, 0.1) is 10.1 Å². The molecule has 9 heteroatoms. The fourth-order valence-corrected chi connectivity index (χ4v) is 2.59. The van der Waals surface area contributed by atoms with Crippen molar-refractivity contribution in [3.8, 4) is 0 Å². The third kappa shape index (κ3) is 4.24. The summed E-state index contributed by atoms with van der Waals surface area (Å²) in [4.78, 5) is 28.6. The molecule has 2 heterocycles. The molecule has 1 aliphatic rings. The number of hydrogen-bond donors (Lipinski definition) is 2. The first-order valence-electron chi connectivity index (χ1n) is 7.76. The highest BCUT2D eigenvalue weighted by Crippen LogP contribution is 2.35. The monoisotopic (exact) mass is 337 g/mol. The molecular formula is C15H23N5O4. The van der Waals surface area contributed by atoms with Crippen LogP contribution in [0.2, 0.25) is 0 Å². The minimum absolute atomic E-state index is 0.0696. The van der Waals surface area contributed by atoms with Gasteiger partial charge in [-0.05, 0) is 26.8 Å². The van der Waals surface area contributed by atoms with Crippen LogP contribution in [0.15, 0.2) is 12.3 Å². The van der Waals surface area contributed by atoms with Crippen molar-refractivity contribution in [3.05, 3.63) is 22.4 Å². The minimum atomic E-state index is -0.477. The number of anilines is 2. The van der Waals surface area contributed by atoms with E-state index in [-0.39, 0.29) is 23.1 Å². The summed E-state index contributed by atoms with van der Waals surface area (Å²) >= 11 is 0. The Bertz CT molecular complexity index is 629. The van der Waals surface area contributed by atoms with Gasteiger partial charge in [0.15, 0.2) is 0 Å². The van der Waals surface area contributed by atoms with E-state index in [1.165, 1.54) is 6.20 Å². The molecule has 1 atom stereocenters. The second-order valence-electron chi connectivity index (χ2n) is 6.67. The quantitative estimate of drug-likeness (QED) is 0.640. The number of aromatic nitrogens is 1. The standard InChI is InChI=1S/C15H23N5O4/c1-15(2,3)18-14(21)24-10-6-8-19(9-10)11-5-7-17-13(16-4)12(11)20(22)23/h5,7,10H,6,8-9H2,1-4H3,(H,16,17)(H,18,21). The fourth-order valence-electron chi connectivity index (χ4n) is 2.59. The van der Waals surface area contributed by atoms with E-state index in [4.69, 9.17) is 4.74 Å². The van der Waals surface area contributed by atoms with Gasteiger partial charge in [-0.3, -0.25) is 10.1 Å². The smallest absolute Gasteiger partial charge is 0.407 e. The molecule has 1 amide bonds. The lowest BCUT2D eigenvalue weighted by atomic mass is 10.1. The summed E-state index contributed by atoms with van der Waals surface area (Å²) in [6, 6.07) is 1.61. The largest absolute Gasteiger partial charge is 0.444 e. The molecule has 0 bridgehead atoms. The van der Waals surface area contributed by atoms with Gasteiger partial charge in [-0.1, -0.05) is 0 Å². The lowest BCUT2D eigenvalue weighted by molar-refractivity contribution is -0.383. The average molecular weight is 337 g/mol. The SMILES string of the molecule is CNc1nccc(N2CCC(OC(=O)NC(C)(C)C)C2)c1[N+](=O)[O-]. The molecule has 1 unspecified atom stereocenters. The molecule has 1 aromatic heterocycles. The van der Waals surface area contributed by atoms with Crippen LogP contribution in [0.25, 0.3) is 0 Å². The van der Waals surface area contributed by atoms with Crippen LogP contribution in [0.1, 0.15) is 27.2 Å². The Balaban J connectivity index is 2.09. The Kier molecular flexibility index (Phi) is 5.10. The van der Waals surface area contributed by atoms with Crippen molar-refractivity contribution >= 4 is 23.3 Å². The molecule has 0 aliphatic carbocycles. The van der Waals surface area contributed by atoms with Crippen molar-refractivity contribution in [2.24, 2.45) is 0 Å². The molecule has 0 radical (unpaired) electrons. The second kappa shape index (κ2) is 6.90. The maximum Gasteiger partial charge on any atom is 0.407 e. The first-order valence-corrected chi connectivity index (χ1v) is 7.76. The molecule has 1 fully saturated rings. The Hall–Kier alpha value is -2.58. The number of nitrogens with one attached hydrogen (secondary N) is 2. The van der Waals surface area contributed by atoms with Gasteiger partial charge in [0.2, 0.25) is 5.82 Å². The molecule has 0 saturated carbocycles. The highest BCUT2D eigenvalue weighted by atomic mass is 16.6. The molecule has 2 rings (SSSR count). The summed E-state index contributed by atoms with van der Waals surface area (Å²) in [5.74, 6) is 0.215. The Labute approximate surface area is 140 Å². The number of carbonyl (C=O) groups excluding carboxylic acids is 1. The molecule has 1 aromatic rings. The van der Waals surface area contributed by atoms with Crippen LogP contribution in [-0.4, -0.2) is 47.8 Å². The minimum Gasteiger partial charge on any atom is -0.444 e. The molecule has 9 nitrogen and oxygen atoms in total. The maximum absolute atomic E-state index is 11.9. The van der Waals surface area contributed by atoms with Crippen molar-refractivity contribution in [1.29, 1.82) is 0 Å². The maximum atomic E-state index is 11.9. The van der Waals surface area contributed by atoms with Crippen molar-refractivity contribution in [2.75, 3.05) is 30.4 Å². The Morgan fingerprint density at radius 1 is 1.50 bits per heavy atom. The number of rotatable bonds is 4. The lowest BCUT2D eigenvalue weighted by Crippen LogP contribution is -2.42. The summed E-state index contributed by atoms with van der Waals surface area (Å²) in [6.45, 7) is 6.59. The molecular weight excluding hydrogens is 314 g/mol. The van der Waals surface area contributed by atoms with Gasteiger partial charge >= 0.3 is 11.8 Å². The molecule has 1 aliphatic heterocycles. The van der Waals surface area contributed by atoms with Gasteiger partial charge < -0.3 is 20.3 Å². The Morgan fingerprint density at radius 3 is 2.79 bits per heavy atom. The number of hydrogen-bond acceptors (Lipinski definition) is 7. The molecule has 2 N–H and O–H groups in total. The zero-order valence-electron chi connectivity index (χ0n) is 14.3. The van der Waals surface area contributed by atoms with Gasteiger partial charge in [0.05, 0.1) is 11.5 Å². The zero-order valence-corrected chi connectivity index (χ0v) is 14.3. The summed E-state index contributed by atoms with van der Waals surface area (Å²) < 4.78 is 5.40. The van der Waals surface area contributed by atoms with Crippen LogP contribution in [0.4, 0.5) is 22.0 Å². The highest BCUT2D eigenvalue weighted by molar-refractivity contribution is 5.74. The molecule has 0 spiro atoms. The van der Waals surface area contributed by atoms with Gasteiger partial charge in [0, 0.05) is 31.7 Å². The fraction of sp³-hybridized carbons (Fsp3) is 0.600. The van der Waals surface area contributed by atoms with Crippen molar-refractivity contribution in [2.45, 2.75) is 38.8 Å². The number of alkyl carbamates (subject to hydrolysis) is 1. The predicted molar refractivity (Wildman–Crippen MR) is 90.4 cm³/mol. The number of nitro groups is 1. The van der Waals surface area contributed by atoms with Crippen LogP contribution in [0.5, 0.6) is 0 Å². The van der Waals surface area contributed by atoms with Crippen molar-refractivity contribution < 1.29 is 14.5 Å². The van der Waals surface area contributed by atoms with E-state index in [2.05, 4.69) is 15.6 Å². The van der Waals surface area contributed by atoms with Gasteiger partial charge in [-0.2, -0.15) is 0 Å². The van der Waals surface area contributed by atoms with Gasteiger partial charge in [0.1, 0.15) is 11.8 Å². The number of carbonyl (C=O) groups is 1. The number of amides is 1. The van der Waals surface area contributed by atoms with Crippen LogP contribution < -0.4 is 15.5 Å². The van der Waals surface area contributed by atoms with Crippen LogP contribution in [0.3, 0.4) is 0 Å². The lowest BCUT2D eigenvalue weighted by Gasteiger charge is -2.22. The van der Waals surface area contributed by atoms with Crippen LogP contribution >= 0.6 is 0 Å². The number of ether oxygens (including phenoxy) is 1. The third-order valence-corrected chi connectivity index (χ3v) is 3.56. The third-order valence-electron chi connectivity index (χ3n) is 3.56. The first kappa shape index (κ1) is 17.8. The number of nitrogens with zero attached hydrogens (tertiary/aromatic N) is 3. The van der Waals surface area contributed by atoms with E-state index in [9.17, 15) is 14.9 Å². The highest BCUT2D eigenvalue weighted by Gasteiger charge is 2.32. The normalized spacial score (nSPS) is 17.5. The Morgan fingerprint density at radius 2 is 2.21 bits per heavy atom. The zero-order chi connectivity index (χ0) is 17.9. The summed E-state index contributed by atoms with van der Waals surface area (Å²) in [5, 5.41) is 16.9. The molecule has 0 aromatic carbocycles. The van der Waals surface area contributed by atoms with E-state index < -0.39 is 11.0 Å². The van der Waals surface area contributed by atoms with Gasteiger partial charge in [-0.25, -0.2) is 9.78 Å². The summed E-state index contributed by atoms with van der Waals surface area (Å²) in [5.41, 5.74) is 0.0301. The van der Waals surface area contributed by atoms with E-state index in [1.54, 1.807) is 13.1 Å². The van der Waals surface area contributed by atoms with E-state index in [0.29, 0.717) is 25.2 Å². The predicted octanol–water partition coefficient (Wildman–Crippen LogP) is 2.13. The first-order chi connectivity index (χ1) is 11.2. The van der Waals surface area contributed by atoms with Crippen molar-refractivity contribution in [1.82, 2.24) is 10.3 Å². The summed E-state index contributed by atoms with van der Waals surface area (Å²) in [6.07, 6.45) is 1.35. The molecule has 1 saturated heterocycles. The molecule has 24 heavy (non-hydrogen) atoms. The number of pyridine rings is 1.